The predicted octanol–water partition coefficient (Wildman–Crippen LogP) is 2.84. The van der Waals surface area contributed by atoms with E-state index in [9.17, 15) is 0 Å². The van der Waals surface area contributed by atoms with Crippen molar-refractivity contribution in [3.8, 4) is 0 Å². The lowest BCUT2D eigenvalue weighted by Crippen LogP contribution is -2.07. The highest BCUT2D eigenvalue weighted by atomic mass is 15.0. The average molecular weight is 205 g/mol. The molecule has 2 N–H and O–H groups in total. The summed E-state index contributed by atoms with van der Waals surface area (Å²) >= 11 is 0. The zero-order chi connectivity index (χ0) is 10.8. The quantitative estimate of drug-likeness (QED) is 0.822. The number of anilines is 1. The van der Waals surface area contributed by atoms with Crippen LogP contribution in [0.25, 0.3) is 0 Å². The van der Waals surface area contributed by atoms with E-state index in [1.807, 2.05) is 6.07 Å². The van der Waals surface area contributed by atoms with Gasteiger partial charge in [-0.25, -0.2) is 9.97 Å². The molecule has 0 bridgehead atoms. The Morgan fingerprint density at radius 3 is 2.53 bits per heavy atom. The first-order valence-electron chi connectivity index (χ1n) is 5.89. The van der Waals surface area contributed by atoms with E-state index in [-0.39, 0.29) is 0 Å². The third-order valence-electron chi connectivity index (χ3n) is 3.13. The van der Waals surface area contributed by atoms with Gasteiger partial charge in [-0.15, -0.1) is 0 Å². The van der Waals surface area contributed by atoms with Gasteiger partial charge in [-0.3, -0.25) is 0 Å². The highest BCUT2D eigenvalue weighted by Crippen LogP contribution is 2.39. The number of aromatic nitrogens is 2. The molecule has 1 aliphatic carbocycles. The fourth-order valence-corrected chi connectivity index (χ4v) is 1.93. The summed E-state index contributed by atoms with van der Waals surface area (Å²) in [7, 11) is 0. The normalized spacial score (nSPS) is 15.9. The highest BCUT2D eigenvalue weighted by molar-refractivity contribution is 5.33. The molecule has 3 heteroatoms. The summed E-state index contributed by atoms with van der Waals surface area (Å²) < 4.78 is 0. The molecule has 1 heterocycles. The van der Waals surface area contributed by atoms with Gasteiger partial charge in [0.2, 0.25) is 0 Å². The van der Waals surface area contributed by atoms with Crippen LogP contribution in [0.15, 0.2) is 6.07 Å². The van der Waals surface area contributed by atoms with Crippen LogP contribution >= 0.6 is 0 Å². The van der Waals surface area contributed by atoms with E-state index in [1.54, 1.807) is 0 Å². The summed E-state index contributed by atoms with van der Waals surface area (Å²) in [6.07, 6.45) is 4.70. The van der Waals surface area contributed by atoms with Crippen LogP contribution in [-0.2, 0) is 0 Å². The van der Waals surface area contributed by atoms with Gasteiger partial charge in [-0.05, 0) is 25.7 Å². The third kappa shape index (κ3) is 2.28. The molecule has 1 fully saturated rings. The van der Waals surface area contributed by atoms with Gasteiger partial charge >= 0.3 is 0 Å². The molecule has 0 atom stereocenters. The Bertz CT molecular complexity index is 341. The monoisotopic (exact) mass is 205 g/mol. The molecule has 2 rings (SSSR count). The first-order chi connectivity index (χ1) is 7.24. The zero-order valence-electron chi connectivity index (χ0n) is 9.53. The maximum absolute atomic E-state index is 5.82. The minimum Gasteiger partial charge on any atom is -0.384 e. The molecule has 1 aromatic heterocycles. The number of nitrogens with zero attached hydrogens (tertiary/aromatic N) is 2. The second-order valence-electron chi connectivity index (χ2n) is 4.36. The largest absolute Gasteiger partial charge is 0.384 e. The van der Waals surface area contributed by atoms with E-state index < -0.39 is 0 Å². The molecule has 3 nitrogen and oxygen atoms in total. The molecule has 82 valence electrons. The molecule has 0 radical (unpaired) electrons. The summed E-state index contributed by atoms with van der Waals surface area (Å²) in [5.41, 5.74) is 6.98. The minimum absolute atomic E-state index is 0.464. The molecule has 1 saturated carbocycles. The Hall–Kier alpha value is -1.12. The molecule has 0 aromatic carbocycles. The van der Waals surface area contributed by atoms with E-state index >= 15 is 0 Å². The van der Waals surface area contributed by atoms with Gasteiger partial charge in [-0.1, -0.05) is 13.8 Å². The van der Waals surface area contributed by atoms with Crippen molar-refractivity contribution in [3.05, 3.63) is 17.6 Å². The van der Waals surface area contributed by atoms with Crippen LogP contribution in [0.5, 0.6) is 0 Å². The van der Waals surface area contributed by atoms with Gasteiger partial charge in [0.25, 0.3) is 0 Å². The van der Waals surface area contributed by atoms with Crippen molar-refractivity contribution in [2.45, 2.75) is 51.4 Å². The van der Waals surface area contributed by atoms with Crippen LogP contribution in [0.1, 0.15) is 62.9 Å². The molecule has 0 saturated heterocycles. The van der Waals surface area contributed by atoms with Gasteiger partial charge in [0.05, 0.1) is 0 Å². The van der Waals surface area contributed by atoms with Crippen LogP contribution in [0.2, 0.25) is 0 Å². The van der Waals surface area contributed by atoms with Gasteiger partial charge in [0, 0.05) is 23.6 Å². The van der Waals surface area contributed by atoms with Crippen molar-refractivity contribution in [1.29, 1.82) is 0 Å². The van der Waals surface area contributed by atoms with E-state index in [1.165, 1.54) is 12.8 Å². The van der Waals surface area contributed by atoms with E-state index in [4.69, 9.17) is 5.73 Å². The molecule has 15 heavy (non-hydrogen) atoms. The maximum atomic E-state index is 5.82. The number of nitrogen functional groups attached to an aromatic ring is 1. The number of rotatable bonds is 4. The molecule has 0 aliphatic heterocycles. The second-order valence-corrected chi connectivity index (χ2v) is 4.36. The molecule has 1 aromatic rings. The lowest BCUT2D eigenvalue weighted by molar-refractivity contribution is 0.598. The molecule has 0 spiro atoms. The molecule has 1 aliphatic rings. The van der Waals surface area contributed by atoms with Crippen LogP contribution in [0, 0.1) is 0 Å². The zero-order valence-corrected chi connectivity index (χ0v) is 9.53. The smallest absolute Gasteiger partial charge is 0.134 e. The predicted molar refractivity (Wildman–Crippen MR) is 61.7 cm³/mol. The third-order valence-corrected chi connectivity index (χ3v) is 3.13. The van der Waals surface area contributed by atoms with Crippen molar-refractivity contribution in [1.82, 2.24) is 9.97 Å². The van der Waals surface area contributed by atoms with E-state index in [0.29, 0.717) is 17.7 Å². The Labute approximate surface area is 91.1 Å². The van der Waals surface area contributed by atoms with Crippen molar-refractivity contribution in [2.75, 3.05) is 5.73 Å². The standard InChI is InChI=1S/C12H19N3/c1-3-8(4-2)12-14-10(9-5-6-9)7-11(13)15-12/h7-9H,3-6H2,1-2H3,(H2,13,14,15). The van der Waals surface area contributed by atoms with Crippen molar-refractivity contribution in [2.24, 2.45) is 0 Å². The lowest BCUT2D eigenvalue weighted by Gasteiger charge is -2.12. The SMILES string of the molecule is CCC(CC)c1nc(N)cc(C2CC2)n1. The first kappa shape index (κ1) is 10.4. The Balaban J connectivity index is 2.29. The van der Waals surface area contributed by atoms with Gasteiger partial charge in [0.1, 0.15) is 11.6 Å². The summed E-state index contributed by atoms with van der Waals surface area (Å²) in [5, 5.41) is 0. The van der Waals surface area contributed by atoms with Crippen LogP contribution in [0.4, 0.5) is 5.82 Å². The van der Waals surface area contributed by atoms with Crippen LogP contribution in [-0.4, -0.2) is 9.97 Å². The van der Waals surface area contributed by atoms with Gasteiger partial charge in [0.15, 0.2) is 0 Å². The summed E-state index contributed by atoms with van der Waals surface area (Å²) in [4.78, 5) is 9.00. The first-order valence-corrected chi connectivity index (χ1v) is 5.89. The van der Waals surface area contributed by atoms with Crippen molar-refractivity contribution < 1.29 is 0 Å². The summed E-state index contributed by atoms with van der Waals surface area (Å²) in [6.45, 7) is 4.36. The van der Waals surface area contributed by atoms with Crippen LogP contribution in [0.3, 0.4) is 0 Å². The van der Waals surface area contributed by atoms with Gasteiger partial charge < -0.3 is 5.73 Å². The summed E-state index contributed by atoms with van der Waals surface area (Å²) in [5.74, 6) is 2.70. The topological polar surface area (TPSA) is 51.8 Å². The second kappa shape index (κ2) is 4.17. The fourth-order valence-electron chi connectivity index (χ4n) is 1.93. The van der Waals surface area contributed by atoms with Crippen molar-refractivity contribution in [3.63, 3.8) is 0 Å². The van der Waals surface area contributed by atoms with E-state index in [2.05, 4.69) is 23.8 Å². The molecular weight excluding hydrogens is 186 g/mol. The minimum atomic E-state index is 0.464. The molecule has 0 unspecified atom stereocenters. The lowest BCUT2D eigenvalue weighted by atomic mass is 10.0. The highest BCUT2D eigenvalue weighted by Gasteiger charge is 2.26. The van der Waals surface area contributed by atoms with Crippen molar-refractivity contribution >= 4 is 5.82 Å². The maximum Gasteiger partial charge on any atom is 0.134 e. The molecular formula is C12H19N3. The Morgan fingerprint density at radius 1 is 1.33 bits per heavy atom. The Kier molecular flexibility index (Phi) is 2.89. The number of hydrogen-bond donors (Lipinski definition) is 1. The fraction of sp³-hybridized carbons (Fsp3) is 0.667. The average Bonchev–Trinajstić information content (AvgIpc) is 3.02. The number of nitrogens with two attached hydrogens (primary N) is 1. The Morgan fingerprint density at radius 2 is 2.00 bits per heavy atom. The number of hydrogen-bond acceptors (Lipinski definition) is 3. The molecule has 0 amide bonds. The van der Waals surface area contributed by atoms with Crippen LogP contribution < -0.4 is 5.73 Å². The summed E-state index contributed by atoms with van der Waals surface area (Å²) in [6, 6.07) is 1.93. The van der Waals surface area contributed by atoms with E-state index in [0.717, 1.165) is 24.4 Å². The van der Waals surface area contributed by atoms with Gasteiger partial charge in [-0.2, -0.15) is 0 Å².